The quantitative estimate of drug-likeness (QED) is 0.537. The third-order valence-electron chi connectivity index (χ3n) is 8.82. The van der Waals surface area contributed by atoms with Crippen molar-refractivity contribution in [2.75, 3.05) is 18.4 Å². The number of imide groups is 1. The summed E-state index contributed by atoms with van der Waals surface area (Å²) < 4.78 is 1.99. The summed E-state index contributed by atoms with van der Waals surface area (Å²) in [5, 5.41) is 10.6. The molecule has 0 spiro atoms. The van der Waals surface area contributed by atoms with Crippen LogP contribution in [0.25, 0.3) is 0 Å². The first kappa shape index (κ1) is 26.3. The molecule has 10 heteroatoms. The number of nitrogens with zero attached hydrogens (tertiary/aromatic N) is 4. The third kappa shape index (κ3) is 4.91. The van der Waals surface area contributed by atoms with Crippen molar-refractivity contribution < 1.29 is 19.2 Å². The first-order chi connectivity index (χ1) is 19.4. The van der Waals surface area contributed by atoms with Gasteiger partial charge >= 0.3 is 0 Å². The smallest absolute Gasteiger partial charge is 0.264 e. The van der Waals surface area contributed by atoms with Crippen LogP contribution in [0, 0.1) is 5.92 Å². The second-order valence-corrected chi connectivity index (χ2v) is 11.4. The summed E-state index contributed by atoms with van der Waals surface area (Å²) in [6.07, 6.45) is 12.1. The number of carbonyl (C=O) groups excluding carboxylic acids is 4. The van der Waals surface area contributed by atoms with Gasteiger partial charge in [0, 0.05) is 48.7 Å². The Labute approximate surface area is 233 Å². The van der Waals surface area contributed by atoms with E-state index >= 15 is 0 Å². The normalized spacial score (nSPS) is 22.4. The second kappa shape index (κ2) is 10.9. The predicted molar refractivity (Wildman–Crippen MR) is 148 cm³/mol. The summed E-state index contributed by atoms with van der Waals surface area (Å²) in [5.41, 5.74) is 2.71. The molecule has 2 N–H and O–H groups in total. The summed E-state index contributed by atoms with van der Waals surface area (Å²) in [4.78, 5) is 55.1. The molecule has 1 aromatic heterocycles. The largest absolute Gasteiger partial charge is 0.380 e. The molecule has 1 saturated carbocycles. The zero-order valence-electron chi connectivity index (χ0n) is 22.7. The number of carbonyl (C=O) groups is 4. The van der Waals surface area contributed by atoms with Gasteiger partial charge in [0.15, 0.2) is 0 Å². The average Bonchev–Trinajstić information content (AvgIpc) is 3.55. The van der Waals surface area contributed by atoms with Crippen LogP contribution in [0.1, 0.15) is 90.1 Å². The number of hydrogen-bond acceptors (Lipinski definition) is 6. The fraction of sp³-hybridized carbons (Fsp3) is 0.500. The molecular weight excluding hydrogens is 508 g/mol. The molecule has 6 rings (SSSR count). The standard InChI is InChI=1S/C30H36N6O4/c1-19-10-11-25(27(37)33-19)36-29(39)23-8-5-9-24(26(23)30(36)40)31-16-20-17-32-35(18-20)22-12-14-34(15-13-22)28(38)21-6-3-2-4-7-21/h5,8-9,17-18,21-22,25,31H,1-4,6-7,10-16H2,(H,33,37). The molecular formula is C30H36N6O4. The molecule has 1 unspecified atom stereocenters. The van der Waals surface area contributed by atoms with Crippen LogP contribution in [0.3, 0.4) is 0 Å². The van der Waals surface area contributed by atoms with Crippen molar-refractivity contribution in [1.82, 2.24) is 24.9 Å². The maximum absolute atomic E-state index is 13.4. The molecule has 1 atom stereocenters. The van der Waals surface area contributed by atoms with Crippen molar-refractivity contribution in [3.05, 3.63) is 59.6 Å². The minimum Gasteiger partial charge on any atom is -0.380 e. The van der Waals surface area contributed by atoms with Gasteiger partial charge in [-0.25, -0.2) is 0 Å². The van der Waals surface area contributed by atoms with Gasteiger partial charge in [0.25, 0.3) is 11.8 Å². The van der Waals surface area contributed by atoms with Gasteiger partial charge in [0.05, 0.1) is 23.4 Å². The lowest BCUT2D eigenvalue weighted by Gasteiger charge is -2.35. The highest BCUT2D eigenvalue weighted by Crippen LogP contribution is 2.33. The van der Waals surface area contributed by atoms with E-state index in [0.29, 0.717) is 47.8 Å². The van der Waals surface area contributed by atoms with E-state index in [4.69, 9.17) is 0 Å². The summed E-state index contributed by atoms with van der Waals surface area (Å²) >= 11 is 0. The topological polar surface area (TPSA) is 117 Å². The Hall–Kier alpha value is -3.95. The number of rotatable bonds is 6. The van der Waals surface area contributed by atoms with E-state index in [2.05, 4.69) is 22.3 Å². The number of nitrogens with one attached hydrogen (secondary N) is 2. The number of allylic oxidation sites excluding steroid dienone is 1. The minimum atomic E-state index is -0.839. The van der Waals surface area contributed by atoms with Crippen molar-refractivity contribution in [2.24, 2.45) is 5.92 Å². The van der Waals surface area contributed by atoms with Crippen LogP contribution in [-0.4, -0.2) is 62.3 Å². The van der Waals surface area contributed by atoms with Crippen LogP contribution in [-0.2, 0) is 16.1 Å². The fourth-order valence-corrected chi connectivity index (χ4v) is 6.57. The number of hydrogen-bond donors (Lipinski definition) is 2. The van der Waals surface area contributed by atoms with Crippen LogP contribution >= 0.6 is 0 Å². The number of likely N-dealkylation sites (tertiary alicyclic amines) is 1. The third-order valence-corrected chi connectivity index (χ3v) is 8.82. The van der Waals surface area contributed by atoms with E-state index < -0.39 is 17.9 Å². The number of amides is 4. The summed E-state index contributed by atoms with van der Waals surface area (Å²) in [6.45, 7) is 5.74. The monoisotopic (exact) mass is 544 g/mol. The van der Waals surface area contributed by atoms with Crippen molar-refractivity contribution in [3.8, 4) is 0 Å². The van der Waals surface area contributed by atoms with Gasteiger partial charge in [0.1, 0.15) is 6.04 Å². The number of piperidine rings is 2. The molecule has 2 saturated heterocycles. The van der Waals surface area contributed by atoms with E-state index in [9.17, 15) is 19.2 Å². The molecule has 210 valence electrons. The Morgan fingerprint density at radius 3 is 2.55 bits per heavy atom. The zero-order valence-corrected chi connectivity index (χ0v) is 22.7. The Kier molecular flexibility index (Phi) is 7.16. The maximum atomic E-state index is 13.4. The molecule has 4 aliphatic rings. The summed E-state index contributed by atoms with van der Waals surface area (Å²) in [6, 6.07) is 4.55. The first-order valence-electron chi connectivity index (χ1n) is 14.5. The molecule has 40 heavy (non-hydrogen) atoms. The predicted octanol–water partition coefficient (Wildman–Crippen LogP) is 3.63. The SMILES string of the molecule is C=C1CCC(N2C(=O)c3cccc(NCc4cnn(C5CCN(C(=O)C6CCCCC6)CC5)c4)c3C2=O)C(=O)N1. The van der Waals surface area contributed by atoms with E-state index in [-0.39, 0.29) is 17.9 Å². The van der Waals surface area contributed by atoms with Crippen LogP contribution in [0.15, 0.2) is 42.9 Å². The van der Waals surface area contributed by atoms with Crippen LogP contribution in [0.2, 0.25) is 0 Å². The van der Waals surface area contributed by atoms with Crippen molar-refractivity contribution in [2.45, 2.75) is 76.4 Å². The molecule has 2 aromatic rings. The number of anilines is 1. The Balaban J connectivity index is 1.07. The number of fused-ring (bicyclic) bond motifs is 1. The van der Waals surface area contributed by atoms with E-state index in [1.807, 2.05) is 22.0 Å². The minimum absolute atomic E-state index is 0.209. The van der Waals surface area contributed by atoms with Crippen molar-refractivity contribution in [3.63, 3.8) is 0 Å². The van der Waals surface area contributed by atoms with Crippen molar-refractivity contribution >= 4 is 29.3 Å². The lowest BCUT2D eigenvalue weighted by atomic mass is 9.87. The Bertz CT molecular complexity index is 1350. The van der Waals surface area contributed by atoms with Gasteiger partial charge in [-0.2, -0.15) is 5.10 Å². The lowest BCUT2D eigenvalue weighted by Crippen LogP contribution is -2.51. The molecule has 3 fully saturated rings. The molecule has 4 amide bonds. The Morgan fingerprint density at radius 2 is 1.80 bits per heavy atom. The molecule has 3 aliphatic heterocycles. The molecule has 0 radical (unpaired) electrons. The lowest BCUT2D eigenvalue weighted by molar-refractivity contribution is -0.138. The van der Waals surface area contributed by atoms with Gasteiger partial charge in [-0.05, 0) is 50.7 Å². The Morgan fingerprint density at radius 1 is 1.02 bits per heavy atom. The summed E-state index contributed by atoms with van der Waals surface area (Å²) in [7, 11) is 0. The maximum Gasteiger partial charge on any atom is 0.264 e. The van der Waals surface area contributed by atoms with E-state index in [0.717, 1.165) is 49.2 Å². The highest BCUT2D eigenvalue weighted by molar-refractivity contribution is 6.25. The van der Waals surface area contributed by atoms with Gasteiger partial charge in [-0.3, -0.25) is 28.8 Å². The molecule has 0 bridgehead atoms. The fourth-order valence-electron chi connectivity index (χ4n) is 6.57. The van der Waals surface area contributed by atoms with Gasteiger partial charge in [-0.15, -0.1) is 0 Å². The van der Waals surface area contributed by atoms with Crippen LogP contribution < -0.4 is 10.6 Å². The van der Waals surface area contributed by atoms with Gasteiger partial charge < -0.3 is 15.5 Å². The molecule has 4 heterocycles. The summed E-state index contributed by atoms with van der Waals surface area (Å²) in [5.74, 6) is -0.739. The van der Waals surface area contributed by atoms with Crippen LogP contribution in [0.5, 0.6) is 0 Å². The van der Waals surface area contributed by atoms with Crippen molar-refractivity contribution in [1.29, 1.82) is 0 Å². The number of aromatic nitrogens is 2. The first-order valence-corrected chi connectivity index (χ1v) is 14.5. The highest BCUT2D eigenvalue weighted by Gasteiger charge is 2.45. The number of benzene rings is 1. The molecule has 10 nitrogen and oxygen atoms in total. The van der Waals surface area contributed by atoms with E-state index in [1.54, 1.807) is 18.2 Å². The average molecular weight is 545 g/mol. The van der Waals surface area contributed by atoms with Crippen LogP contribution in [0.4, 0.5) is 5.69 Å². The highest BCUT2D eigenvalue weighted by atomic mass is 16.2. The molecule has 1 aliphatic carbocycles. The second-order valence-electron chi connectivity index (χ2n) is 11.4. The van der Waals surface area contributed by atoms with Gasteiger partial charge in [0.2, 0.25) is 11.8 Å². The molecule has 1 aromatic carbocycles. The van der Waals surface area contributed by atoms with Gasteiger partial charge in [-0.1, -0.05) is 31.9 Å². The van der Waals surface area contributed by atoms with E-state index in [1.165, 1.54) is 19.3 Å². The zero-order chi connectivity index (χ0) is 27.8.